The number of guanidine groups is 1. The first-order chi connectivity index (χ1) is 13.2. The van der Waals surface area contributed by atoms with Gasteiger partial charge >= 0.3 is 0 Å². The van der Waals surface area contributed by atoms with Gasteiger partial charge in [0.1, 0.15) is 11.6 Å². The third kappa shape index (κ3) is 5.12. The Morgan fingerprint density at radius 3 is 2.52 bits per heavy atom. The maximum atomic E-state index is 13.0. The molecular formula is C21H27FN4O. The Bertz CT molecular complexity index is 755. The molecule has 0 aromatic heterocycles. The van der Waals surface area contributed by atoms with Gasteiger partial charge in [-0.15, -0.1) is 0 Å². The summed E-state index contributed by atoms with van der Waals surface area (Å²) in [5.74, 6) is 1.60. The first kappa shape index (κ1) is 19.0. The summed E-state index contributed by atoms with van der Waals surface area (Å²) in [6, 6.07) is 14.8. The van der Waals surface area contributed by atoms with E-state index in [0.717, 1.165) is 56.4 Å². The zero-order valence-electron chi connectivity index (χ0n) is 16.0. The maximum absolute atomic E-state index is 13.0. The highest BCUT2D eigenvalue weighted by Gasteiger charge is 2.19. The van der Waals surface area contributed by atoms with E-state index < -0.39 is 0 Å². The molecule has 2 aromatic carbocycles. The van der Waals surface area contributed by atoms with Crippen LogP contribution < -0.4 is 15.0 Å². The average Bonchev–Trinajstić information content (AvgIpc) is 2.73. The number of piperazine rings is 1. The number of nitrogens with zero attached hydrogens (tertiary/aromatic N) is 3. The molecule has 3 rings (SSSR count). The molecule has 0 spiro atoms. The Balaban J connectivity index is 1.48. The van der Waals surface area contributed by atoms with E-state index in [2.05, 4.69) is 32.2 Å². The summed E-state index contributed by atoms with van der Waals surface area (Å²) >= 11 is 0. The summed E-state index contributed by atoms with van der Waals surface area (Å²) in [5, 5.41) is 3.42. The molecule has 0 radical (unpaired) electrons. The molecule has 144 valence electrons. The Hall–Kier alpha value is -2.76. The van der Waals surface area contributed by atoms with E-state index in [0.29, 0.717) is 0 Å². The Morgan fingerprint density at radius 2 is 1.85 bits per heavy atom. The molecular weight excluding hydrogens is 343 g/mol. The molecule has 5 nitrogen and oxygen atoms in total. The highest BCUT2D eigenvalue weighted by Crippen LogP contribution is 2.22. The number of aliphatic imine (C=N–C) groups is 1. The fourth-order valence-corrected chi connectivity index (χ4v) is 3.29. The second-order valence-corrected chi connectivity index (χ2v) is 6.53. The van der Waals surface area contributed by atoms with Crippen LogP contribution in [0.15, 0.2) is 53.5 Å². The zero-order valence-corrected chi connectivity index (χ0v) is 16.0. The monoisotopic (exact) mass is 370 g/mol. The minimum Gasteiger partial charge on any atom is -0.497 e. The number of methoxy groups -OCH3 is 1. The van der Waals surface area contributed by atoms with Crippen molar-refractivity contribution in [3.63, 3.8) is 0 Å². The van der Waals surface area contributed by atoms with Crippen molar-refractivity contribution < 1.29 is 9.13 Å². The summed E-state index contributed by atoms with van der Waals surface area (Å²) in [6.45, 7) is 4.47. The summed E-state index contributed by atoms with van der Waals surface area (Å²) < 4.78 is 18.3. The smallest absolute Gasteiger partial charge is 0.193 e. The highest BCUT2D eigenvalue weighted by atomic mass is 19.1. The van der Waals surface area contributed by atoms with E-state index in [9.17, 15) is 4.39 Å². The van der Waals surface area contributed by atoms with Gasteiger partial charge in [0.15, 0.2) is 5.96 Å². The summed E-state index contributed by atoms with van der Waals surface area (Å²) in [6.07, 6.45) is 0.836. The zero-order chi connectivity index (χ0) is 19.1. The molecule has 6 heteroatoms. The van der Waals surface area contributed by atoms with Gasteiger partial charge in [-0.2, -0.15) is 0 Å². The molecule has 0 atom stereocenters. The van der Waals surface area contributed by atoms with Gasteiger partial charge in [-0.3, -0.25) is 4.99 Å². The van der Waals surface area contributed by atoms with Gasteiger partial charge in [-0.1, -0.05) is 18.2 Å². The van der Waals surface area contributed by atoms with E-state index in [-0.39, 0.29) is 5.82 Å². The minimum absolute atomic E-state index is 0.198. The SMILES string of the molecule is CN=C(NCCc1ccc(F)cc1)N1CCN(c2cccc(OC)c2)CC1. The predicted octanol–water partition coefficient (Wildman–Crippen LogP) is 2.77. The van der Waals surface area contributed by atoms with Crippen molar-refractivity contribution in [3.8, 4) is 5.75 Å². The standard InChI is InChI=1S/C21H27FN4O/c1-23-21(24-11-10-17-6-8-18(22)9-7-17)26-14-12-25(13-15-26)19-4-3-5-20(16-19)27-2/h3-9,16H,10-15H2,1-2H3,(H,23,24). The molecule has 0 amide bonds. The predicted molar refractivity (Wildman–Crippen MR) is 108 cm³/mol. The molecule has 1 aliphatic heterocycles. The van der Waals surface area contributed by atoms with E-state index in [4.69, 9.17) is 4.74 Å². The molecule has 0 aliphatic carbocycles. The molecule has 2 aromatic rings. The number of anilines is 1. The molecule has 0 unspecified atom stereocenters. The third-order valence-electron chi connectivity index (χ3n) is 4.82. The van der Waals surface area contributed by atoms with Crippen LogP contribution in [-0.2, 0) is 6.42 Å². The molecule has 1 saturated heterocycles. The first-order valence-corrected chi connectivity index (χ1v) is 9.28. The van der Waals surface area contributed by atoms with Crippen molar-refractivity contribution in [2.75, 3.05) is 51.8 Å². The molecule has 1 aliphatic rings. The molecule has 1 heterocycles. The third-order valence-corrected chi connectivity index (χ3v) is 4.82. The van der Waals surface area contributed by atoms with E-state index in [1.54, 1.807) is 7.11 Å². The van der Waals surface area contributed by atoms with Gasteiger partial charge < -0.3 is 19.9 Å². The van der Waals surface area contributed by atoms with E-state index in [1.165, 1.54) is 17.8 Å². The van der Waals surface area contributed by atoms with Gasteiger partial charge in [0.25, 0.3) is 0 Å². The van der Waals surface area contributed by atoms with Crippen molar-refractivity contribution >= 4 is 11.6 Å². The number of ether oxygens (including phenoxy) is 1. The molecule has 0 bridgehead atoms. The lowest BCUT2D eigenvalue weighted by molar-refractivity contribution is 0.372. The number of halogens is 1. The van der Waals surface area contributed by atoms with Crippen LogP contribution in [0.1, 0.15) is 5.56 Å². The van der Waals surface area contributed by atoms with Crippen LogP contribution in [0.2, 0.25) is 0 Å². The second kappa shape index (κ2) is 9.26. The summed E-state index contributed by atoms with van der Waals surface area (Å²) in [4.78, 5) is 9.06. The van der Waals surface area contributed by atoms with Gasteiger partial charge in [0.2, 0.25) is 0 Å². The van der Waals surface area contributed by atoms with Gasteiger partial charge in [0.05, 0.1) is 7.11 Å². The number of benzene rings is 2. The fourth-order valence-electron chi connectivity index (χ4n) is 3.29. The summed E-state index contributed by atoms with van der Waals surface area (Å²) in [7, 11) is 3.51. The normalized spacial score (nSPS) is 15.0. The highest BCUT2D eigenvalue weighted by molar-refractivity contribution is 5.80. The van der Waals surface area contributed by atoms with Crippen molar-refractivity contribution in [2.45, 2.75) is 6.42 Å². The topological polar surface area (TPSA) is 40.1 Å². The van der Waals surface area contributed by atoms with Crippen molar-refractivity contribution in [2.24, 2.45) is 4.99 Å². The lowest BCUT2D eigenvalue weighted by atomic mass is 10.1. The fraction of sp³-hybridized carbons (Fsp3) is 0.381. The van der Waals surface area contributed by atoms with Crippen LogP contribution >= 0.6 is 0 Å². The Labute approximate surface area is 160 Å². The second-order valence-electron chi connectivity index (χ2n) is 6.53. The van der Waals surface area contributed by atoms with E-state index in [1.807, 2.05) is 31.3 Å². The Kier molecular flexibility index (Phi) is 6.52. The quantitative estimate of drug-likeness (QED) is 0.649. The van der Waals surface area contributed by atoms with Crippen LogP contribution in [0.4, 0.5) is 10.1 Å². The maximum Gasteiger partial charge on any atom is 0.193 e. The van der Waals surface area contributed by atoms with Crippen molar-refractivity contribution in [3.05, 3.63) is 59.9 Å². The van der Waals surface area contributed by atoms with Crippen LogP contribution in [-0.4, -0.2) is 57.7 Å². The lowest BCUT2D eigenvalue weighted by Crippen LogP contribution is -2.52. The minimum atomic E-state index is -0.198. The molecule has 0 saturated carbocycles. The van der Waals surface area contributed by atoms with Crippen LogP contribution in [0.25, 0.3) is 0 Å². The van der Waals surface area contributed by atoms with Crippen molar-refractivity contribution in [1.82, 2.24) is 10.2 Å². The molecule has 27 heavy (non-hydrogen) atoms. The van der Waals surface area contributed by atoms with E-state index >= 15 is 0 Å². The van der Waals surface area contributed by atoms with Gasteiger partial charge in [-0.25, -0.2) is 4.39 Å². The number of rotatable bonds is 5. The lowest BCUT2D eigenvalue weighted by Gasteiger charge is -2.37. The van der Waals surface area contributed by atoms with Gasteiger partial charge in [0, 0.05) is 51.5 Å². The number of hydrogen-bond acceptors (Lipinski definition) is 3. The van der Waals surface area contributed by atoms with Gasteiger partial charge in [-0.05, 0) is 36.2 Å². The Morgan fingerprint density at radius 1 is 1.11 bits per heavy atom. The van der Waals surface area contributed by atoms with Crippen LogP contribution in [0.5, 0.6) is 5.75 Å². The number of hydrogen-bond donors (Lipinski definition) is 1. The average molecular weight is 370 g/mol. The van der Waals surface area contributed by atoms with Crippen molar-refractivity contribution in [1.29, 1.82) is 0 Å². The first-order valence-electron chi connectivity index (χ1n) is 9.28. The molecule has 1 N–H and O–H groups in total. The largest absolute Gasteiger partial charge is 0.497 e. The molecule has 1 fully saturated rings. The number of nitrogens with one attached hydrogen (secondary N) is 1. The van der Waals surface area contributed by atoms with Crippen LogP contribution in [0.3, 0.4) is 0 Å². The van der Waals surface area contributed by atoms with Crippen LogP contribution in [0, 0.1) is 5.82 Å². The summed E-state index contributed by atoms with van der Waals surface area (Å²) in [5.41, 5.74) is 2.30.